The maximum Gasteiger partial charge on any atom is 0.324 e. The molecule has 0 unspecified atom stereocenters. The average molecular weight is 2420 g/mol. The molecule has 32 nitrogen and oxygen atoms in total. The van der Waals surface area contributed by atoms with Gasteiger partial charge in [0.15, 0.2) is 16.6 Å². The molecule has 0 atom stereocenters. The fraction of sp³-hybridized carbons (Fsp3) is 1.00. The molecule has 0 bridgehead atoms. The van der Waals surface area contributed by atoms with Crippen LogP contribution < -0.4 is 0 Å². The van der Waals surface area contributed by atoms with Crippen molar-refractivity contribution in [3.8, 4) is 0 Å². The van der Waals surface area contributed by atoms with Crippen LogP contribution in [0.2, 0.25) is 432 Å². The summed E-state index contributed by atoms with van der Waals surface area (Å²) in [4.78, 5) is 0. The summed E-state index contributed by atoms with van der Waals surface area (Å²) in [6, 6.07) is 0. The third-order valence-corrected chi connectivity index (χ3v) is 136. The molecule has 0 saturated carbocycles. The lowest BCUT2D eigenvalue weighted by atomic mass is 11.6. The van der Waals surface area contributed by atoms with Gasteiger partial charge in [0, 0.05) is 0 Å². The Morgan fingerprint density at radius 3 is 0.191 bits per heavy atom. The highest BCUT2D eigenvalue weighted by molar-refractivity contribution is 6.99. The molecule has 0 N–H and O–H groups in total. The van der Waals surface area contributed by atoms with Gasteiger partial charge in [0.25, 0.3) is 0 Å². The van der Waals surface area contributed by atoms with Crippen LogP contribution in [0.15, 0.2) is 0 Å². The van der Waals surface area contributed by atoms with Gasteiger partial charge >= 0.3 is 257 Å². The first kappa shape index (κ1) is 137. The van der Waals surface area contributed by atoms with E-state index < -0.39 is 273 Å². The van der Waals surface area contributed by atoms with E-state index in [4.69, 9.17) is 132 Å². The summed E-state index contributed by atoms with van der Waals surface area (Å²) in [7, 11) is -88.6. The molecule has 0 aliphatic heterocycles. The summed E-state index contributed by atoms with van der Waals surface area (Å²) < 4.78 is 220. The molecule has 0 rings (SSSR count). The zero-order chi connectivity index (χ0) is 105. The minimum absolute atomic E-state index is 0.0263. The maximum atomic E-state index is 7.00. The van der Waals surface area contributed by atoms with Crippen molar-refractivity contribution in [2.45, 2.75) is 432 Å². The Hall–Kier alpha value is 5.66. The summed E-state index contributed by atoms with van der Waals surface area (Å²) in [6.07, 6.45) is 0. The largest absolute Gasteiger partial charge is 0.437 e. The minimum Gasteiger partial charge on any atom is -0.437 e. The zero-order valence-corrected chi connectivity index (χ0v) is 128. The molecule has 0 aliphatic rings. The number of hydrogen-bond donors (Lipinski definition) is 0. The van der Waals surface area contributed by atoms with Crippen molar-refractivity contribution >= 4 is 273 Å². The van der Waals surface area contributed by atoms with Crippen molar-refractivity contribution in [3.05, 3.63) is 0 Å². The molecule has 64 heteroatoms. The lowest BCUT2D eigenvalue weighted by molar-refractivity contribution is 0.0648. The average Bonchev–Trinajstić information content (AvgIpc) is 0.798. The molecule has 0 radical (unpaired) electrons. The highest BCUT2D eigenvalue weighted by Gasteiger charge is 2.58. The Labute approximate surface area is 836 Å². The van der Waals surface area contributed by atoms with Crippen LogP contribution in [0.25, 0.3) is 0 Å². The van der Waals surface area contributed by atoms with Crippen LogP contribution in [0.5, 0.6) is 0 Å². The van der Waals surface area contributed by atoms with Gasteiger partial charge in [-0.3, -0.25) is 0 Å². The molecule has 0 amide bonds. The van der Waals surface area contributed by atoms with E-state index in [1.807, 2.05) is 131 Å². The topological polar surface area (TPSA) is 295 Å². The van der Waals surface area contributed by atoms with Crippen molar-refractivity contribution in [2.75, 3.05) is 6.79 Å². The highest BCUT2D eigenvalue weighted by Crippen LogP contribution is 2.39. The molecule has 0 aromatic heterocycles. The summed E-state index contributed by atoms with van der Waals surface area (Å²) in [5, 5.41) is 0. The molecular formula is C67H200O32Si32. The van der Waals surface area contributed by atoms with E-state index in [0.717, 1.165) is 0 Å². The Morgan fingerprint density at radius 1 is 0.0763 bits per heavy atom. The lowest BCUT2D eigenvalue weighted by Gasteiger charge is -2.45. The van der Waals surface area contributed by atoms with Gasteiger partial charge in [0.1, 0.15) is 6.79 Å². The van der Waals surface area contributed by atoms with Gasteiger partial charge < -0.3 is 132 Å². The fourth-order valence-electron chi connectivity index (χ4n) is 19.0. The second-order valence-corrected chi connectivity index (χ2v) is 167. The van der Waals surface area contributed by atoms with E-state index in [1.165, 1.54) is 0 Å². The standard InChI is InChI=1S/C67H200O32Si32/c1-100(2,3)70-104(11,12)74-108(19,20)78-112(27,28)82-116(35,36)86-120(43,44)90-124(51,52)94-128(59,60)98-130(63,64)96-126(55,56)92-122(47,48)88-118(39,40)84-114(31,32)80-110(23,24)76-106(15,16)72-102(7,8)68-67-69-103(9,10)73-107(17,18)77-111(25,26)81-115(33,34)85-119(41,42)89-123(49,50)93-127(57,58)97-131(65,66)99-129(61,62)95-125(53,54)91-121(45,46)87-117(37,38)83-113(29,30)79-109(21,22)75-105(13,14)71-101(4,5)6/h67H2,1-66H3. The van der Waals surface area contributed by atoms with Gasteiger partial charge in [0.05, 0.1) is 0 Å². The molecule has 788 valence electrons. The minimum atomic E-state index is -2.93. The first-order valence-corrected chi connectivity index (χ1v) is 138. The Bertz CT molecular complexity index is 3350. The number of hydrogen-bond acceptors (Lipinski definition) is 32. The normalized spacial score (nSPS) is 16.3. The van der Waals surface area contributed by atoms with Crippen molar-refractivity contribution < 1.29 is 132 Å². The van der Waals surface area contributed by atoms with E-state index in [0.29, 0.717) is 0 Å². The van der Waals surface area contributed by atoms with Gasteiger partial charge in [-0.25, -0.2) is 0 Å². The SMILES string of the molecule is C[Si](C)(C)O[Si](C)(C)O[Si](C)(C)O[Si](C)(C)O[Si](C)(C)O[Si](C)(C)O[Si](C)(C)O[Si](C)(C)O[Si](C)(C)O[Si](C)(C)O[Si](C)(C)O[Si](C)(C)O[Si](C)(C)O[Si](C)(C)O[Si](C)(C)O[Si](C)(C)OCO[Si](C)(C)O[Si](C)(C)O[Si](C)(C)O[Si](C)(C)O[Si](C)(C)O[Si](C)(C)O[Si](C)(C)O[Si](C)(C)O[Si](C)(C)O[Si](C)(C)O[Si](C)(C)O[Si](C)(C)O[Si](C)(C)O[Si](C)(C)O[Si](C)(C)O[Si](C)(C)C. The van der Waals surface area contributed by atoms with Gasteiger partial charge in [0.2, 0.25) is 0 Å². The Balaban J connectivity index is 5.85. The van der Waals surface area contributed by atoms with Crippen LogP contribution in [0.4, 0.5) is 0 Å². The summed E-state index contributed by atoms with van der Waals surface area (Å²) in [6.45, 7) is 136. The quantitative estimate of drug-likeness (QED) is 0.0403. The smallest absolute Gasteiger partial charge is 0.324 e. The Kier molecular flexibility index (Phi) is 48.2. The molecule has 0 aliphatic carbocycles. The molecule has 131 heavy (non-hydrogen) atoms. The summed E-state index contributed by atoms with van der Waals surface area (Å²) in [5.74, 6) is 0. The third-order valence-electron chi connectivity index (χ3n) is 15.7. The zero-order valence-electron chi connectivity index (χ0n) is 95.8. The third kappa shape index (κ3) is 64.6. The van der Waals surface area contributed by atoms with E-state index in [9.17, 15) is 0 Å². The van der Waals surface area contributed by atoms with Crippen molar-refractivity contribution in [2.24, 2.45) is 0 Å². The van der Waals surface area contributed by atoms with E-state index in [1.54, 1.807) is 0 Å². The van der Waals surface area contributed by atoms with Crippen molar-refractivity contribution in [3.63, 3.8) is 0 Å². The second kappa shape index (κ2) is 46.2. The summed E-state index contributed by atoms with van der Waals surface area (Å²) >= 11 is 0. The van der Waals surface area contributed by atoms with Crippen molar-refractivity contribution in [1.29, 1.82) is 0 Å². The highest BCUT2D eigenvalue weighted by atomic mass is 28.6. The predicted molar refractivity (Wildman–Crippen MR) is 611 cm³/mol. The van der Waals surface area contributed by atoms with Crippen LogP contribution in [0.3, 0.4) is 0 Å². The van der Waals surface area contributed by atoms with Crippen molar-refractivity contribution in [1.82, 2.24) is 0 Å². The first-order valence-electron chi connectivity index (χ1n) is 46.2. The monoisotopic (exact) mass is 2410 g/mol. The van der Waals surface area contributed by atoms with Crippen LogP contribution in [0.1, 0.15) is 0 Å². The molecular weight excluding hydrogens is 2220 g/mol. The van der Waals surface area contributed by atoms with Gasteiger partial charge in [-0.05, 0) is 432 Å². The van der Waals surface area contributed by atoms with Crippen LogP contribution in [-0.2, 0) is 132 Å². The maximum absolute atomic E-state index is 7.00. The van der Waals surface area contributed by atoms with Crippen LogP contribution in [0, 0.1) is 0 Å². The fourth-order valence-corrected chi connectivity index (χ4v) is 180. The van der Waals surface area contributed by atoms with E-state index in [-0.39, 0.29) is 6.79 Å². The van der Waals surface area contributed by atoms with E-state index in [2.05, 4.69) is 301 Å². The molecule has 0 aromatic carbocycles. The molecule has 0 saturated heterocycles. The van der Waals surface area contributed by atoms with Gasteiger partial charge in [-0.1, -0.05) is 0 Å². The lowest BCUT2D eigenvalue weighted by Crippen LogP contribution is -2.63. The van der Waals surface area contributed by atoms with E-state index >= 15 is 0 Å². The number of rotatable bonds is 64. The molecule has 0 heterocycles. The molecule has 0 spiro atoms. The summed E-state index contributed by atoms with van der Waals surface area (Å²) in [5.41, 5.74) is 0. The molecule has 0 fully saturated rings. The second-order valence-electron chi connectivity index (χ2n) is 49.7. The van der Waals surface area contributed by atoms with Crippen LogP contribution >= 0.6 is 0 Å². The Morgan fingerprint density at radius 2 is 0.130 bits per heavy atom. The van der Waals surface area contributed by atoms with Gasteiger partial charge in [-0.2, -0.15) is 0 Å². The van der Waals surface area contributed by atoms with Crippen LogP contribution in [-0.4, -0.2) is 280 Å². The molecule has 0 aromatic rings. The predicted octanol–water partition coefficient (Wildman–Crippen LogP) is 24.2. The van der Waals surface area contributed by atoms with Gasteiger partial charge in [-0.15, -0.1) is 0 Å². The first-order chi connectivity index (χ1) is 55.9.